The second-order valence-corrected chi connectivity index (χ2v) is 5.29. The molecular weight excluding hydrogens is 284 g/mol. The minimum absolute atomic E-state index is 0.849. The van der Waals surface area contributed by atoms with Crippen molar-refractivity contribution in [2.45, 2.75) is 67.7 Å². The van der Waals surface area contributed by atoms with Gasteiger partial charge >= 0.3 is 0 Å². The molecule has 1 aliphatic rings. The van der Waals surface area contributed by atoms with Gasteiger partial charge in [-0.3, -0.25) is 4.98 Å². The van der Waals surface area contributed by atoms with E-state index in [4.69, 9.17) is 0 Å². The zero-order valence-electron chi connectivity index (χ0n) is 15.9. The molecule has 3 rings (SSSR count). The average Bonchev–Trinajstić information content (AvgIpc) is 2.57. The lowest BCUT2D eigenvalue weighted by atomic mass is 10.1. The van der Waals surface area contributed by atoms with E-state index < -0.39 is 0 Å². The van der Waals surface area contributed by atoms with Crippen LogP contribution in [0.15, 0.2) is 6.07 Å². The number of anilines is 1. The molecule has 0 N–H and O–H groups in total. The maximum atomic E-state index is 4.67. The van der Waals surface area contributed by atoms with Crippen molar-refractivity contribution in [2.75, 3.05) is 18.0 Å². The van der Waals surface area contributed by atoms with Crippen LogP contribution in [-0.2, 0) is 6.42 Å². The third-order valence-electron chi connectivity index (χ3n) is 3.67. The highest BCUT2D eigenvalue weighted by Crippen LogP contribution is 2.31. The number of hydrogen-bond donors (Lipinski definition) is 0. The normalized spacial score (nSPS) is 12.2. The first-order valence-corrected chi connectivity index (χ1v) is 9.09. The van der Waals surface area contributed by atoms with Crippen LogP contribution in [0.2, 0.25) is 0 Å². The molecule has 4 heteroatoms. The Balaban J connectivity index is 0.000000615. The quantitative estimate of drug-likeness (QED) is 0.811. The lowest BCUT2D eigenvalue weighted by Gasteiger charge is -2.29. The van der Waals surface area contributed by atoms with Gasteiger partial charge in [0.25, 0.3) is 0 Å². The second kappa shape index (κ2) is 9.43. The summed E-state index contributed by atoms with van der Waals surface area (Å²) in [5, 5.41) is 1.17. The van der Waals surface area contributed by atoms with E-state index in [1.165, 1.54) is 18.2 Å². The van der Waals surface area contributed by atoms with E-state index in [0.29, 0.717) is 0 Å². The molecule has 0 amide bonds. The number of hydrogen-bond acceptors (Lipinski definition) is 4. The van der Waals surface area contributed by atoms with Gasteiger partial charge in [-0.05, 0) is 26.3 Å². The third-order valence-corrected chi connectivity index (χ3v) is 3.67. The number of pyridine rings is 1. The lowest BCUT2D eigenvalue weighted by Crippen LogP contribution is -2.32. The van der Waals surface area contributed by atoms with Crippen LogP contribution in [0.25, 0.3) is 10.9 Å². The molecule has 0 aliphatic carbocycles. The van der Waals surface area contributed by atoms with Crippen molar-refractivity contribution < 1.29 is 0 Å². The average molecular weight is 316 g/mol. The molecule has 3 heterocycles. The van der Waals surface area contributed by atoms with Gasteiger partial charge in [0, 0.05) is 25.2 Å². The maximum Gasteiger partial charge on any atom is 0.142 e. The van der Waals surface area contributed by atoms with E-state index in [1.54, 1.807) is 0 Å². The Hall–Kier alpha value is -1.71. The summed E-state index contributed by atoms with van der Waals surface area (Å²) >= 11 is 0. The van der Waals surface area contributed by atoms with Crippen LogP contribution < -0.4 is 4.90 Å². The molecule has 0 unspecified atom stereocenters. The summed E-state index contributed by atoms with van der Waals surface area (Å²) in [6.45, 7) is 16.3. The molecular formula is C19H32N4. The van der Waals surface area contributed by atoms with Gasteiger partial charge in [0.2, 0.25) is 0 Å². The molecule has 1 aliphatic heterocycles. The molecule has 128 valence electrons. The van der Waals surface area contributed by atoms with Crippen LogP contribution >= 0.6 is 0 Å². The highest BCUT2D eigenvalue weighted by molar-refractivity contribution is 5.93. The van der Waals surface area contributed by atoms with Crippen molar-refractivity contribution in [3.63, 3.8) is 0 Å². The number of rotatable bonds is 3. The smallest absolute Gasteiger partial charge is 0.142 e. The Bertz CT molecular complexity index is 617. The summed E-state index contributed by atoms with van der Waals surface area (Å²) in [6, 6.07) is 2.07. The largest absolute Gasteiger partial charge is 0.356 e. The third kappa shape index (κ3) is 4.40. The van der Waals surface area contributed by atoms with Crippen LogP contribution in [0.5, 0.6) is 0 Å². The van der Waals surface area contributed by atoms with Gasteiger partial charge in [-0.2, -0.15) is 0 Å². The standard InChI is InChI=1S/C15H20N4.2C2H6/c1-4-5-7-19-8-6-12-14-13(9-10(2)16-12)17-11(3)18-15(14)19;2*1-2/h9H,4-8H2,1-3H3;2*1-2H3. The maximum absolute atomic E-state index is 4.67. The summed E-state index contributed by atoms with van der Waals surface area (Å²) in [5.74, 6) is 1.94. The molecule has 0 saturated carbocycles. The van der Waals surface area contributed by atoms with Crippen LogP contribution in [0, 0.1) is 13.8 Å². The molecule has 0 spiro atoms. The summed E-state index contributed by atoms with van der Waals surface area (Å²) < 4.78 is 0. The topological polar surface area (TPSA) is 41.9 Å². The number of nitrogens with zero attached hydrogens (tertiary/aromatic N) is 4. The van der Waals surface area contributed by atoms with Gasteiger partial charge in [-0.15, -0.1) is 0 Å². The van der Waals surface area contributed by atoms with Crippen LogP contribution in [0.3, 0.4) is 0 Å². The predicted molar refractivity (Wildman–Crippen MR) is 100 cm³/mol. The molecule has 2 aromatic heterocycles. The summed E-state index contributed by atoms with van der Waals surface area (Å²) in [4.78, 5) is 16.3. The van der Waals surface area contributed by atoms with Crippen LogP contribution in [0.1, 0.15) is 64.7 Å². The monoisotopic (exact) mass is 316 g/mol. The molecule has 0 saturated heterocycles. The van der Waals surface area contributed by atoms with Crippen LogP contribution in [-0.4, -0.2) is 28.0 Å². The summed E-state index contributed by atoms with van der Waals surface area (Å²) in [6.07, 6.45) is 3.42. The van der Waals surface area contributed by atoms with E-state index in [-0.39, 0.29) is 0 Å². The minimum Gasteiger partial charge on any atom is -0.356 e. The Kier molecular flexibility index (Phi) is 7.93. The van der Waals surface area contributed by atoms with Crippen LogP contribution in [0.4, 0.5) is 5.82 Å². The zero-order chi connectivity index (χ0) is 17.4. The molecule has 0 bridgehead atoms. The van der Waals surface area contributed by atoms with Crippen molar-refractivity contribution in [2.24, 2.45) is 0 Å². The number of aryl methyl sites for hydroxylation is 2. The van der Waals surface area contributed by atoms with Gasteiger partial charge in [-0.1, -0.05) is 41.0 Å². The first-order valence-electron chi connectivity index (χ1n) is 9.09. The molecule has 0 atom stereocenters. The SMILES string of the molecule is CC.CC.CCCCN1CCc2nc(C)cc3nc(C)nc1c23. The lowest BCUT2D eigenvalue weighted by molar-refractivity contribution is 0.689. The van der Waals surface area contributed by atoms with E-state index >= 15 is 0 Å². The van der Waals surface area contributed by atoms with E-state index in [0.717, 1.165) is 48.1 Å². The molecule has 0 fully saturated rings. The van der Waals surface area contributed by atoms with Gasteiger partial charge in [0.05, 0.1) is 16.6 Å². The number of aromatic nitrogens is 3. The molecule has 0 radical (unpaired) electrons. The Labute approximate surface area is 141 Å². The molecule has 2 aromatic rings. The minimum atomic E-state index is 0.849. The highest BCUT2D eigenvalue weighted by atomic mass is 15.2. The van der Waals surface area contributed by atoms with Crippen molar-refractivity contribution in [1.29, 1.82) is 0 Å². The van der Waals surface area contributed by atoms with Gasteiger partial charge < -0.3 is 4.90 Å². The fraction of sp³-hybridized carbons (Fsp3) is 0.632. The highest BCUT2D eigenvalue weighted by Gasteiger charge is 2.22. The van der Waals surface area contributed by atoms with Gasteiger partial charge in [-0.25, -0.2) is 9.97 Å². The van der Waals surface area contributed by atoms with Crippen molar-refractivity contribution in [3.05, 3.63) is 23.3 Å². The first-order chi connectivity index (χ1) is 11.2. The molecule has 4 nitrogen and oxygen atoms in total. The van der Waals surface area contributed by atoms with E-state index in [9.17, 15) is 0 Å². The Morgan fingerprint density at radius 3 is 2.39 bits per heavy atom. The predicted octanol–water partition coefficient (Wildman–Crippen LogP) is 4.86. The van der Waals surface area contributed by atoms with Crippen molar-refractivity contribution in [3.8, 4) is 0 Å². The fourth-order valence-corrected chi connectivity index (χ4v) is 2.78. The Morgan fingerprint density at radius 2 is 1.74 bits per heavy atom. The molecule has 0 aromatic carbocycles. The van der Waals surface area contributed by atoms with Crippen molar-refractivity contribution in [1.82, 2.24) is 15.0 Å². The summed E-state index contributed by atoms with van der Waals surface area (Å²) in [7, 11) is 0. The first kappa shape index (κ1) is 19.3. The summed E-state index contributed by atoms with van der Waals surface area (Å²) in [5.41, 5.74) is 3.26. The second-order valence-electron chi connectivity index (χ2n) is 5.29. The molecule has 23 heavy (non-hydrogen) atoms. The van der Waals surface area contributed by atoms with E-state index in [1.807, 2.05) is 41.5 Å². The number of unbranched alkanes of at least 4 members (excludes halogenated alkanes) is 1. The Morgan fingerprint density at radius 1 is 1.04 bits per heavy atom. The van der Waals surface area contributed by atoms with Crippen molar-refractivity contribution >= 4 is 16.7 Å². The van der Waals surface area contributed by atoms with Gasteiger partial charge in [0.1, 0.15) is 11.6 Å². The van der Waals surface area contributed by atoms with Gasteiger partial charge in [0.15, 0.2) is 0 Å². The fourth-order valence-electron chi connectivity index (χ4n) is 2.78. The zero-order valence-corrected chi connectivity index (χ0v) is 15.9. The van der Waals surface area contributed by atoms with E-state index in [2.05, 4.69) is 32.8 Å².